The molecule has 144 valence electrons. The van der Waals surface area contributed by atoms with Crippen molar-refractivity contribution < 1.29 is 19.1 Å². The van der Waals surface area contributed by atoms with Gasteiger partial charge in [0.05, 0.1) is 6.04 Å². The number of hydrogen-bond acceptors (Lipinski definition) is 4. The number of hydrogen-bond donors (Lipinski definition) is 0. The molecule has 1 aliphatic rings. The number of benzene rings is 1. The maximum Gasteiger partial charge on any atom is 0.410 e. The molecule has 1 saturated heterocycles. The number of ether oxygens (including phenoxy) is 2. The molecule has 1 aliphatic heterocycles. The molecule has 0 aromatic heterocycles. The van der Waals surface area contributed by atoms with Crippen molar-refractivity contribution in [2.45, 2.75) is 52.9 Å². The lowest BCUT2D eigenvalue weighted by atomic mass is 10.0. The first-order chi connectivity index (χ1) is 12.2. The van der Waals surface area contributed by atoms with Gasteiger partial charge >= 0.3 is 12.2 Å². The molecule has 6 nitrogen and oxygen atoms in total. The van der Waals surface area contributed by atoms with Gasteiger partial charge in [0.1, 0.15) is 12.2 Å². The summed E-state index contributed by atoms with van der Waals surface area (Å²) in [5, 5.41) is 0. The van der Waals surface area contributed by atoms with Crippen LogP contribution in [0.2, 0.25) is 0 Å². The topological polar surface area (TPSA) is 59.1 Å². The zero-order chi connectivity index (χ0) is 19.3. The molecular weight excluding hydrogens is 332 g/mol. The van der Waals surface area contributed by atoms with Crippen LogP contribution in [0.25, 0.3) is 0 Å². The highest BCUT2D eigenvalue weighted by Gasteiger charge is 2.36. The summed E-state index contributed by atoms with van der Waals surface area (Å²) in [6, 6.07) is 9.50. The van der Waals surface area contributed by atoms with E-state index in [-0.39, 0.29) is 30.8 Å². The van der Waals surface area contributed by atoms with Gasteiger partial charge in [0.25, 0.3) is 0 Å². The van der Waals surface area contributed by atoms with E-state index in [0.29, 0.717) is 19.6 Å². The molecule has 1 aromatic rings. The highest BCUT2D eigenvalue weighted by molar-refractivity contribution is 5.71. The van der Waals surface area contributed by atoms with Crippen molar-refractivity contribution in [3.8, 4) is 0 Å². The molecule has 1 heterocycles. The Balaban J connectivity index is 1.95. The third-order valence-electron chi connectivity index (χ3n) is 4.28. The fraction of sp³-hybridized carbons (Fsp3) is 0.600. The molecule has 0 saturated carbocycles. The van der Waals surface area contributed by atoms with Crippen LogP contribution in [0.15, 0.2) is 30.3 Å². The number of rotatable bonds is 3. The number of amides is 2. The van der Waals surface area contributed by atoms with Crippen molar-refractivity contribution in [2.75, 3.05) is 19.6 Å². The third kappa shape index (κ3) is 5.64. The Hall–Kier alpha value is -2.24. The summed E-state index contributed by atoms with van der Waals surface area (Å²) in [4.78, 5) is 28.3. The Morgan fingerprint density at radius 1 is 1.12 bits per heavy atom. The molecule has 6 heteroatoms. The van der Waals surface area contributed by atoms with Crippen LogP contribution >= 0.6 is 0 Å². The van der Waals surface area contributed by atoms with E-state index in [2.05, 4.69) is 0 Å². The van der Waals surface area contributed by atoms with E-state index in [1.165, 1.54) is 0 Å². The van der Waals surface area contributed by atoms with E-state index >= 15 is 0 Å². The van der Waals surface area contributed by atoms with E-state index in [9.17, 15) is 9.59 Å². The summed E-state index contributed by atoms with van der Waals surface area (Å²) in [5.74, 6) is 0.201. The fourth-order valence-corrected chi connectivity index (χ4v) is 2.90. The van der Waals surface area contributed by atoms with Gasteiger partial charge in [-0.05, 0) is 32.3 Å². The van der Waals surface area contributed by atoms with E-state index in [1.54, 1.807) is 9.80 Å². The van der Waals surface area contributed by atoms with Crippen LogP contribution in [0.4, 0.5) is 9.59 Å². The summed E-state index contributed by atoms with van der Waals surface area (Å²) in [7, 11) is 0. The zero-order valence-electron chi connectivity index (χ0n) is 16.4. The van der Waals surface area contributed by atoms with Crippen LogP contribution in [0.5, 0.6) is 0 Å². The summed E-state index contributed by atoms with van der Waals surface area (Å²) in [5.41, 5.74) is 0.415. The average molecular weight is 362 g/mol. The fourth-order valence-electron chi connectivity index (χ4n) is 2.90. The summed E-state index contributed by atoms with van der Waals surface area (Å²) >= 11 is 0. The van der Waals surface area contributed by atoms with E-state index in [0.717, 1.165) is 5.56 Å². The second-order valence-corrected chi connectivity index (χ2v) is 7.97. The van der Waals surface area contributed by atoms with E-state index < -0.39 is 5.60 Å². The molecule has 0 bridgehead atoms. The molecular formula is C20H30N2O4. The largest absolute Gasteiger partial charge is 0.445 e. The minimum atomic E-state index is -0.537. The minimum Gasteiger partial charge on any atom is -0.445 e. The van der Waals surface area contributed by atoms with E-state index in [1.807, 2.05) is 65.0 Å². The van der Waals surface area contributed by atoms with Gasteiger partial charge in [0.2, 0.25) is 0 Å². The van der Waals surface area contributed by atoms with Crippen LogP contribution in [-0.4, -0.2) is 53.3 Å². The van der Waals surface area contributed by atoms with Crippen LogP contribution < -0.4 is 0 Å². The predicted octanol–water partition coefficient (Wildman–Crippen LogP) is 3.90. The maximum atomic E-state index is 12.5. The highest BCUT2D eigenvalue weighted by Crippen LogP contribution is 2.21. The molecule has 1 aromatic carbocycles. The van der Waals surface area contributed by atoms with E-state index in [4.69, 9.17) is 9.47 Å². The SMILES string of the molecule is CC(C)[C@@H]1CN(C(=O)OCc2ccccc2)CCN1C(=O)OC(C)(C)C. The Morgan fingerprint density at radius 2 is 1.77 bits per heavy atom. The predicted molar refractivity (Wildman–Crippen MR) is 99.8 cm³/mol. The second-order valence-electron chi connectivity index (χ2n) is 7.97. The van der Waals surface area contributed by atoms with Gasteiger partial charge in [0, 0.05) is 19.6 Å². The van der Waals surface area contributed by atoms with Gasteiger partial charge in [-0.15, -0.1) is 0 Å². The first kappa shape index (κ1) is 20.1. The molecule has 0 spiro atoms. The molecule has 0 N–H and O–H groups in total. The first-order valence-electron chi connectivity index (χ1n) is 9.12. The molecule has 0 aliphatic carbocycles. The van der Waals surface area contributed by atoms with Crippen molar-refractivity contribution in [1.29, 1.82) is 0 Å². The average Bonchev–Trinajstić information content (AvgIpc) is 2.58. The van der Waals surface area contributed by atoms with Crippen molar-refractivity contribution in [3.63, 3.8) is 0 Å². The summed E-state index contributed by atoms with van der Waals surface area (Å²) in [6.45, 7) is 11.2. The molecule has 2 rings (SSSR count). The Kier molecular flexibility index (Phi) is 6.51. The quantitative estimate of drug-likeness (QED) is 0.818. The van der Waals surface area contributed by atoms with Crippen LogP contribution in [-0.2, 0) is 16.1 Å². The lowest BCUT2D eigenvalue weighted by molar-refractivity contribution is -0.0107. The minimum absolute atomic E-state index is 0.0946. The number of carbonyl (C=O) groups excluding carboxylic acids is 2. The second kappa shape index (κ2) is 8.43. The van der Waals surface area contributed by atoms with Crippen molar-refractivity contribution in [2.24, 2.45) is 5.92 Å². The van der Waals surface area contributed by atoms with Gasteiger partial charge in [-0.1, -0.05) is 44.2 Å². The van der Waals surface area contributed by atoms with Crippen LogP contribution in [0.3, 0.4) is 0 Å². The van der Waals surface area contributed by atoms with Crippen LogP contribution in [0.1, 0.15) is 40.2 Å². The lowest BCUT2D eigenvalue weighted by Crippen LogP contribution is -2.59. The van der Waals surface area contributed by atoms with Crippen molar-refractivity contribution in [3.05, 3.63) is 35.9 Å². The molecule has 1 fully saturated rings. The van der Waals surface area contributed by atoms with Crippen molar-refractivity contribution in [1.82, 2.24) is 9.80 Å². The first-order valence-corrected chi connectivity index (χ1v) is 9.12. The lowest BCUT2D eigenvalue weighted by Gasteiger charge is -2.43. The van der Waals surface area contributed by atoms with Gasteiger partial charge < -0.3 is 19.3 Å². The smallest absolute Gasteiger partial charge is 0.410 e. The van der Waals surface area contributed by atoms with Gasteiger partial charge in [0.15, 0.2) is 0 Å². The number of piperazine rings is 1. The number of carbonyl (C=O) groups is 2. The van der Waals surface area contributed by atoms with Gasteiger partial charge in [-0.25, -0.2) is 9.59 Å². The molecule has 2 amide bonds. The Labute approximate surface area is 156 Å². The normalized spacial score (nSPS) is 18.0. The molecule has 0 unspecified atom stereocenters. The summed E-state index contributed by atoms with van der Waals surface area (Å²) < 4.78 is 10.9. The van der Waals surface area contributed by atoms with Crippen molar-refractivity contribution >= 4 is 12.2 Å². The standard InChI is InChI=1S/C20H30N2O4/c1-15(2)17-13-21(11-12-22(17)19(24)26-20(3,4)5)18(23)25-14-16-9-7-6-8-10-16/h6-10,15,17H,11-14H2,1-5H3/t17-/m0/s1. The highest BCUT2D eigenvalue weighted by atomic mass is 16.6. The van der Waals surface area contributed by atoms with Gasteiger partial charge in [-0.2, -0.15) is 0 Å². The zero-order valence-corrected chi connectivity index (χ0v) is 16.4. The summed E-state index contributed by atoms with van der Waals surface area (Å²) in [6.07, 6.45) is -0.670. The maximum absolute atomic E-state index is 12.5. The van der Waals surface area contributed by atoms with Gasteiger partial charge in [-0.3, -0.25) is 0 Å². The molecule has 26 heavy (non-hydrogen) atoms. The Bertz CT molecular complexity index is 610. The Morgan fingerprint density at radius 3 is 2.35 bits per heavy atom. The monoisotopic (exact) mass is 362 g/mol. The third-order valence-corrected chi connectivity index (χ3v) is 4.28. The number of nitrogens with zero attached hydrogens (tertiary/aromatic N) is 2. The molecule has 0 radical (unpaired) electrons. The molecule has 1 atom stereocenters. The van der Waals surface area contributed by atoms with Crippen LogP contribution in [0, 0.1) is 5.92 Å².